The van der Waals surface area contributed by atoms with Gasteiger partial charge in [-0.25, -0.2) is 0 Å². The molecule has 2 rings (SSSR count). The lowest BCUT2D eigenvalue weighted by atomic mass is 9.98. The summed E-state index contributed by atoms with van der Waals surface area (Å²) >= 11 is 0. The van der Waals surface area contributed by atoms with Gasteiger partial charge in [-0.05, 0) is 44.5 Å². The molecule has 0 aromatic heterocycles. The lowest BCUT2D eigenvalue weighted by Gasteiger charge is -2.30. The number of nitrogens with zero attached hydrogens (tertiary/aromatic N) is 2. The third-order valence-electron chi connectivity index (χ3n) is 3.45. The Kier molecular flexibility index (Phi) is 5.05. The molecule has 1 atom stereocenters. The third kappa shape index (κ3) is 4.46. The van der Waals surface area contributed by atoms with Crippen molar-refractivity contribution in [3.8, 4) is 11.8 Å². The summed E-state index contributed by atoms with van der Waals surface area (Å²) in [6.45, 7) is 3.47. The first kappa shape index (κ1) is 13.7. The average molecular weight is 259 g/mol. The second-order valence-corrected chi connectivity index (χ2v) is 5.13. The first-order chi connectivity index (χ1) is 9.28. The molecule has 1 aliphatic rings. The second-order valence-electron chi connectivity index (χ2n) is 5.13. The number of nitrogens with one attached hydrogen (secondary N) is 1. The van der Waals surface area contributed by atoms with Crippen LogP contribution in [0.4, 0.5) is 5.69 Å². The molecule has 0 saturated carbocycles. The Morgan fingerprint density at radius 2 is 2.42 bits per heavy atom. The molecule has 19 heavy (non-hydrogen) atoms. The Bertz CT molecular complexity index is 441. The van der Waals surface area contributed by atoms with Gasteiger partial charge in [0.15, 0.2) is 6.61 Å². The van der Waals surface area contributed by atoms with E-state index in [1.807, 2.05) is 30.3 Å². The molecular formula is C15H21N3O. The summed E-state index contributed by atoms with van der Waals surface area (Å²) in [6.07, 6.45) is 2.58. The van der Waals surface area contributed by atoms with Crippen LogP contribution in [-0.4, -0.2) is 38.2 Å². The van der Waals surface area contributed by atoms with Crippen molar-refractivity contribution in [2.75, 3.05) is 38.6 Å². The summed E-state index contributed by atoms with van der Waals surface area (Å²) in [6, 6.07) is 9.78. The van der Waals surface area contributed by atoms with Gasteiger partial charge in [0.25, 0.3) is 0 Å². The van der Waals surface area contributed by atoms with Crippen LogP contribution in [-0.2, 0) is 0 Å². The number of ether oxygens (including phenoxy) is 1. The first-order valence-electron chi connectivity index (χ1n) is 6.80. The van der Waals surface area contributed by atoms with E-state index in [4.69, 9.17) is 10.00 Å². The van der Waals surface area contributed by atoms with Crippen LogP contribution in [0.1, 0.15) is 12.8 Å². The molecule has 1 unspecified atom stereocenters. The van der Waals surface area contributed by atoms with Gasteiger partial charge in [0.2, 0.25) is 0 Å². The van der Waals surface area contributed by atoms with Gasteiger partial charge in [0.1, 0.15) is 11.8 Å². The monoisotopic (exact) mass is 259 g/mol. The highest BCUT2D eigenvalue weighted by Gasteiger charge is 2.16. The van der Waals surface area contributed by atoms with E-state index in [0.717, 1.165) is 24.5 Å². The number of benzene rings is 1. The fraction of sp³-hybridized carbons (Fsp3) is 0.533. The topological polar surface area (TPSA) is 48.3 Å². The number of anilines is 1. The predicted octanol–water partition coefficient (Wildman–Crippen LogP) is 2.34. The van der Waals surface area contributed by atoms with Crippen LogP contribution in [0.2, 0.25) is 0 Å². The molecule has 1 heterocycles. The van der Waals surface area contributed by atoms with Crippen LogP contribution in [0.15, 0.2) is 24.3 Å². The van der Waals surface area contributed by atoms with Crippen molar-refractivity contribution in [1.29, 1.82) is 5.26 Å². The van der Waals surface area contributed by atoms with Gasteiger partial charge in [-0.1, -0.05) is 6.07 Å². The second kappa shape index (κ2) is 7.01. The van der Waals surface area contributed by atoms with Crippen molar-refractivity contribution < 1.29 is 4.74 Å². The zero-order chi connectivity index (χ0) is 13.5. The largest absolute Gasteiger partial charge is 0.479 e. The van der Waals surface area contributed by atoms with Crippen molar-refractivity contribution in [3.63, 3.8) is 0 Å². The SMILES string of the molecule is CN1CCCC(CNc2cccc(OCC#N)c2)C1. The minimum atomic E-state index is 0.0941. The molecule has 1 aromatic rings. The quantitative estimate of drug-likeness (QED) is 0.881. The Morgan fingerprint density at radius 3 is 3.21 bits per heavy atom. The summed E-state index contributed by atoms with van der Waals surface area (Å²) in [5.74, 6) is 1.45. The normalized spacial score (nSPS) is 19.7. The van der Waals surface area contributed by atoms with E-state index in [0.29, 0.717) is 5.92 Å². The maximum Gasteiger partial charge on any atom is 0.174 e. The summed E-state index contributed by atoms with van der Waals surface area (Å²) in [5.41, 5.74) is 1.06. The predicted molar refractivity (Wildman–Crippen MR) is 76.3 cm³/mol. The summed E-state index contributed by atoms with van der Waals surface area (Å²) in [7, 11) is 2.18. The summed E-state index contributed by atoms with van der Waals surface area (Å²) in [5, 5.41) is 12.0. The molecule has 0 bridgehead atoms. The van der Waals surface area contributed by atoms with Crippen LogP contribution in [0.5, 0.6) is 5.75 Å². The molecule has 4 nitrogen and oxygen atoms in total. The maximum absolute atomic E-state index is 8.50. The molecule has 0 spiro atoms. The number of piperidine rings is 1. The smallest absolute Gasteiger partial charge is 0.174 e. The Labute approximate surface area is 115 Å². The molecular weight excluding hydrogens is 238 g/mol. The molecule has 1 aromatic carbocycles. The highest BCUT2D eigenvalue weighted by atomic mass is 16.5. The zero-order valence-corrected chi connectivity index (χ0v) is 11.4. The fourth-order valence-corrected chi connectivity index (χ4v) is 2.51. The minimum absolute atomic E-state index is 0.0941. The van der Waals surface area contributed by atoms with Crippen LogP contribution in [0.25, 0.3) is 0 Å². The highest BCUT2D eigenvalue weighted by Crippen LogP contribution is 2.19. The number of hydrogen-bond acceptors (Lipinski definition) is 4. The molecule has 4 heteroatoms. The molecule has 1 N–H and O–H groups in total. The number of nitriles is 1. The minimum Gasteiger partial charge on any atom is -0.479 e. The lowest BCUT2D eigenvalue weighted by Crippen LogP contribution is -2.35. The summed E-state index contributed by atoms with van der Waals surface area (Å²) in [4.78, 5) is 2.39. The van der Waals surface area contributed by atoms with Crippen LogP contribution in [0.3, 0.4) is 0 Å². The number of rotatable bonds is 5. The molecule has 1 fully saturated rings. The lowest BCUT2D eigenvalue weighted by molar-refractivity contribution is 0.217. The van der Waals surface area contributed by atoms with Crippen molar-refractivity contribution in [1.82, 2.24) is 4.90 Å². The van der Waals surface area contributed by atoms with Gasteiger partial charge < -0.3 is 15.0 Å². The van der Waals surface area contributed by atoms with Gasteiger partial charge >= 0.3 is 0 Å². The fourth-order valence-electron chi connectivity index (χ4n) is 2.51. The van der Waals surface area contributed by atoms with E-state index in [2.05, 4.69) is 17.3 Å². The van der Waals surface area contributed by atoms with E-state index >= 15 is 0 Å². The van der Waals surface area contributed by atoms with Crippen LogP contribution in [0, 0.1) is 17.2 Å². The Hall–Kier alpha value is -1.73. The van der Waals surface area contributed by atoms with Crippen LogP contribution < -0.4 is 10.1 Å². The number of likely N-dealkylation sites (tertiary alicyclic amines) is 1. The standard InChI is InChI=1S/C15H21N3O/c1-18-8-3-4-13(12-18)11-17-14-5-2-6-15(10-14)19-9-7-16/h2,5-6,10,13,17H,3-4,8-9,11-12H2,1H3. The number of hydrogen-bond donors (Lipinski definition) is 1. The van der Waals surface area contributed by atoms with Gasteiger partial charge in [-0.3, -0.25) is 0 Å². The first-order valence-corrected chi connectivity index (χ1v) is 6.80. The maximum atomic E-state index is 8.50. The van der Waals surface area contributed by atoms with Crippen molar-refractivity contribution >= 4 is 5.69 Å². The Morgan fingerprint density at radius 1 is 1.53 bits per heavy atom. The van der Waals surface area contributed by atoms with E-state index in [-0.39, 0.29) is 6.61 Å². The highest BCUT2D eigenvalue weighted by molar-refractivity contribution is 5.48. The van der Waals surface area contributed by atoms with Gasteiger partial charge in [-0.2, -0.15) is 5.26 Å². The van der Waals surface area contributed by atoms with Crippen LogP contribution >= 0.6 is 0 Å². The zero-order valence-electron chi connectivity index (χ0n) is 11.4. The molecule has 0 aliphatic carbocycles. The third-order valence-corrected chi connectivity index (χ3v) is 3.45. The summed E-state index contributed by atoms with van der Waals surface area (Å²) < 4.78 is 5.30. The van der Waals surface area contributed by atoms with E-state index in [1.165, 1.54) is 19.4 Å². The molecule has 0 radical (unpaired) electrons. The molecule has 0 amide bonds. The Balaban J connectivity index is 1.83. The van der Waals surface area contributed by atoms with E-state index < -0.39 is 0 Å². The van der Waals surface area contributed by atoms with Crippen molar-refractivity contribution in [2.45, 2.75) is 12.8 Å². The molecule has 102 valence electrons. The van der Waals surface area contributed by atoms with E-state index in [1.54, 1.807) is 0 Å². The van der Waals surface area contributed by atoms with Gasteiger partial charge in [0.05, 0.1) is 0 Å². The van der Waals surface area contributed by atoms with Crippen molar-refractivity contribution in [3.05, 3.63) is 24.3 Å². The van der Waals surface area contributed by atoms with Gasteiger partial charge in [0, 0.05) is 24.8 Å². The molecule has 1 aliphatic heterocycles. The van der Waals surface area contributed by atoms with Crippen molar-refractivity contribution in [2.24, 2.45) is 5.92 Å². The van der Waals surface area contributed by atoms with E-state index in [9.17, 15) is 0 Å². The van der Waals surface area contributed by atoms with Gasteiger partial charge in [-0.15, -0.1) is 0 Å². The average Bonchev–Trinajstić information content (AvgIpc) is 2.43. The molecule has 1 saturated heterocycles.